The number of benzene rings is 2. The number of fused-ring (bicyclic) bond motifs is 3. The van der Waals surface area contributed by atoms with Crippen molar-refractivity contribution in [3.05, 3.63) is 52.8 Å². The second-order valence-corrected chi connectivity index (χ2v) is 7.71. The van der Waals surface area contributed by atoms with Gasteiger partial charge >= 0.3 is 0 Å². The van der Waals surface area contributed by atoms with Gasteiger partial charge in [-0.2, -0.15) is 8.78 Å². The van der Waals surface area contributed by atoms with Crippen molar-refractivity contribution in [1.29, 1.82) is 0 Å². The highest BCUT2D eigenvalue weighted by molar-refractivity contribution is 5.94. The van der Waals surface area contributed by atoms with Gasteiger partial charge in [-0.3, -0.25) is 0 Å². The molecule has 2 aliphatic rings. The Morgan fingerprint density at radius 3 is 2.40 bits per heavy atom. The third-order valence-corrected chi connectivity index (χ3v) is 5.96. The van der Waals surface area contributed by atoms with Gasteiger partial charge in [-0.05, 0) is 53.2 Å². The summed E-state index contributed by atoms with van der Waals surface area (Å²) in [6.07, 6.45) is 7.28. The molecule has 2 aromatic rings. The number of rotatable bonds is 1. The Kier molecular flexibility index (Phi) is 4.13. The fourth-order valence-electron chi connectivity index (χ4n) is 4.60. The number of halogens is 3. The van der Waals surface area contributed by atoms with Gasteiger partial charge in [0.1, 0.15) is 5.82 Å². The normalized spacial score (nSPS) is 26.0. The molecule has 0 spiro atoms. The molecule has 1 saturated carbocycles. The molecular weight excluding hydrogens is 321 g/mol. The van der Waals surface area contributed by atoms with Crippen LogP contribution in [-0.4, -0.2) is 0 Å². The van der Waals surface area contributed by atoms with E-state index < -0.39 is 17.3 Å². The average molecular weight is 344 g/mol. The van der Waals surface area contributed by atoms with Gasteiger partial charge in [-0.25, -0.2) is 4.39 Å². The third kappa shape index (κ3) is 2.78. The van der Waals surface area contributed by atoms with E-state index in [1.807, 2.05) is 18.2 Å². The Hall–Kier alpha value is -1.77. The zero-order chi connectivity index (χ0) is 17.6. The van der Waals surface area contributed by atoms with Crippen molar-refractivity contribution in [3.8, 4) is 0 Å². The topological polar surface area (TPSA) is 0 Å². The first-order chi connectivity index (χ1) is 12.0. The Bertz CT molecular complexity index is 825. The lowest BCUT2D eigenvalue weighted by Gasteiger charge is -2.27. The molecule has 0 heterocycles. The van der Waals surface area contributed by atoms with Crippen LogP contribution in [0.1, 0.15) is 56.6 Å². The van der Waals surface area contributed by atoms with Crippen LogP contribution in [0, 0.1) is 17.7 Å². The van der Waals surface area contributed by atoms with Crippen LogP contribution in [0.2, 0.25) is 0 Å². The zero-order valence-corrected chi connectivity index (χ0v) is 14.5. The highest BCUT2D eigenvalue weighted by Crippen LogP contribution is 2.52. The van der Waals surface area contributed by atoms with Crippen LogP contribution in [0.5, 0.6) is 0 Å². The molecule has 25 heavy (non-hydrogen) atoms. The van der Waals surface area contributed by atoms with E-state index in [9.17, 15) is 4.39 Å². The standard InChI is InChI=1S/C22H23F3/c1-14-6-4-9-15(10-5-7-14)19-13-18-17-11-3-2-8-16(17)12-20(23)21(18)22(19,24)25/h2-3,8,11-15H,4-7,9-10H2,1H3. The molecule has 0 bridgehead atoms. The number of hydrogen-bond donors (Lipinski definition) is 0. The second-order valence-electron chi connectivity index (χ2n) is 7.71. The molecule has 3 heteroatoms. The summed E-state index contributed by atoms with van der Waals surface area (Å²) in [5, 5.41) is 1.39. The predicted octanol–water partition coefficient (Wildman–Crippen LogP) is 7.07. The number of alkyl halides is 2. The van der Waals surface area contributed by atoms with Crippen LogP contribution in [0.3, 0.4) is 0 Å². The van der Waals surface area contributed by atoms with Gasteiger partial charge in [0.25, 0.3) is 5.92 Å². The smallest absolute Gasteiger partial charge is 0.206 e. The van der Waals surface area contributed by atoms with Gasteiger partial charge in [0, 0.05) is 5.57 Å². The molecule has 132 valence electrons. The highest BCUT2D eigenvalue weighted by atomic mass is 19.3. The second kappa shape index (κ2) is 6.19. The van der Waals surface area contributed by atoms with Crippen LogP contribution in [0.4, 0.5) is 13.2 Å². The summed E-state index contributed by atoms with van der Waals surface area (Å²) >= 11 is 0. The quantitative estimate of drug-likeness (QED) is 0.519. The summed E-state index contributed by atoms with van der Waals surface area (Å²) in [6, 6.07) is 8.46. The molecule has 0 aliphatic heterocycles. The molecule has 0 aromatic heterocycles. The molecule has 1 fully saturated rings. The van der Waals surface area contributed by atoms with Crippen molar-refractivity contribution >= 4 is 16.8 Å². The fraction of sp³-hybridized carbons (Fsp3) is 0.455. The molecule has 0 radical (unpaired) electrons. The van der Waals surface area contributed by atoms with Crippen LogP contribution < -0.4 is 0 Å². The Morgan fingerprint density at radius 1 is 1.00 bits per heavy atom. The number of hydrogen-bond acceptors (Lipinski definition) is 0. The summed E-state index contributed by atoms with van der Waals surface area (Å²) in [4.78, 5) is 0. The Morgan fingerprint density at radius 2 is 1.68 bits per heavy atom. The largest absolute Gasteiger partial charge is 0.298 e. The molecule has 0 amide bonds. The lowest BCUT2D eigenvalue weighted by molar-refractivity contribution is 0.0252. The van der Waals surface area contributed by atoms with Gasteiger partial charge in [-0.1, -0.05) is 56.9 Å². The Balaban J connectivity index is 1.79. The van der Waals surface area contributed by atoms with Gasteiger partial charge in [0.15, 0.2) is 0 Å². The monoisotopic (exact) mass is 344 g/mol. The molecule has 2 aromatic carbocycles. The molecule has 0 unspecified atom stereocenters. The first kappa shape index (κ1) is 16.7. The summed E-state index contributed by atoms with van der Waals surface area (Å²) in [5.74, 6) is -3.45. The summed E-state index contributed by atoms with van der Waals surface area (Å²) in [7, 11) is 0. The fourth-order valence-corrected chi connectivity index (χ4v) is 4.60. The first-order valence-corrected chi connectivity index (χ1v) is 9.30. The first-order valence-electron chi connectivity index (χ1n) is 9.30. The van der Waals surface area contributed by atoms with Crippen LogP contribution in [0.15, 0.2) is 35.9 Å². The van der Waals surface area contributed by atoms with Gasteiger partial charge in [0.05, 0.1) is 5.56 Å². The minimum Gasteiger partial charge on any atom is -0.206 e. The third-order valence-electron chi connectivity index (χ3n) is 5.96. The van der Waals surface area contributed by atoms with E-state index in [0.717, 1.165) is 38.5 Å². The van der Waals surface area contributed by atoms with Gasteiger partial charge < -0.3 is 0 Å². The van der Waals surface area contributed by atoms with Gasteiger partial charge in [0.2, 0.25) is 0 Å². The molecule has 4 rings (SSSR count). The lowest BCUT2D eigenvalue weighted by Crippen LogP contribution is -2.22. The molecule has 0 nitrogen and oxygen atoms in total. The lowest BCUT2D eigenvalue weighted by atomic mass is 9.81. The van der Waals surface area contributed by atoms with Crippen molar-refractivity contribution in [2.24, 2.45) is 11.8 Å². The zero-order valence-electron chi connectivity index (χ0n) is 14.5. The van der Waals surface area contributed by atoms with Crippen LogP contribution >= 0.6 is 0 Å². The van der Waals surface area contributed by atoms with Crippen molar-refractivity contribution in [2.75, 3.05) is 0 Å². The minimum absolute atomic E-state index is 0.132. The van der Waals surface area contributed by atoms with E-state index >= 15 is 8.78 Å². The molecule has 2 aliphatic carbocycles. The van der Waals surface area contributed by atoms with Crippen molar-refractivity contribution in [1.82, 2.24) is 0 Å². The van der Waals surface area contributed by atoms with E-state index in [2.05, 4.69) is 6.92 Å². The molecule has 0 atom stereocenters. The van der Waals surface area contributed by atoms with Crippen LogP contribution in [0.25, 0.3) is 16.8 Å². The van der Waals surface area contributed by atoms with E-state index in [1.54, 1.807) is 12.1 Å². The maximum Gasteiger partial charge on any atom is 0.298 e. The summed E-state index contributed by atoms with van der Waals surface area (Å²) in [5.41, 5.74) is 0.0926. The molecule has 0 saturated heterocycles. The Labute approximate surface area is 146 Å². The highest BCUT2D eigenvalue weighted by Gasteiger charge is 2.48. The number of allylic oxidation sites excluding steroid dienone is 1. The van der Waals surface area contributed by atoms with E-state index in [-0.39, 0.29) is 11.5 Å². The molecular formula is C22H23F3. The maximum absolute atomic E-state index is 15.2. The summed E-state index contributed by atoms with van der Waals surface area (Å²) < 4.78 is 44.9. The van der Waals surface area contributed by atoms with Crippen molar-refractivity contribution in [2.45, 2.75) is 51.4 Å². The summed E-state index contributed by atoms with van der Waals surface area (Å²) in [6.45, 7) is 2.24. The maximum atomic E-state index is 15.2. The van der Waals surface area contributed by atoms with Crippen LogP contribution in [-0.2, 0) is 5.92 Å². The van der Waals surface area contributed by atoms with E-state index in [4.69, 9.17) is 0 Å². The predicted molar refractivity (Wildman–Crippen MR) is 96.1 cm³/mol. The molecule has 0 N–H and O–H groups in total. The van der Waals surface area contributed by atoms with Crippen molar-refractivity contribution in [3.63, 3.8) is 0 Å². The SMILES string of the molecule is CC1CCCC(C2=Cc3c(c(F)cc4ccccc34)C2(F)F)CCC1. The van der Waals surface area contributed by atoms with Crippen molar-refractivity contribution < 1.29 is 13.2 Å². The van der Waals surface area contributed by atoms with E-state index in [0.29, 0.717) is 22.3 Å². The van der Waals surface area contributed by atoms with E-state index in [1.165, 1.54) is 6.07 Å². The van der Waals surface area contributed by atoms with Gasteiger partial charge in [-0.15, -0.1) is 0 Å². The minimum atomic E-state index is -3.20. The average Bonchev–Trinajstić information content (AvgIpc) is 2.83.